The standard InChI is InChI=1S/C16H19Cl2F3N2O3/c1-4-12(26-11-6-9(17)5-10(18)7-11)13(24)23-15(2,3)14(25)22-8-16(19,20)21/h5-7,12H,4,8H2,1-3H3,(H,22,25)(H,23,24). The molecule has 0 bridgehead atoms. The second-order valence-corrected chi connectivity index (χ2v) is 6.90. The largest absolute Gasteiger partial charge is 0.481 e. The molecule has 1 rings (SSSR count). The lowest BCUT2D eigenvalue weighted by Crippen LogP contribution is -2.58. The maximum Gasteiger partial charge on any atom is 0.405 e. The molecule has 1 aromatic carbocycles. The summed E-state index contributed by atoms with van der Waals surface area (Å²) in [7, 11) is 0. The van der Waals surface area contributed by atoms with E-state index in [0.717, 1.165) is 0 Å². The molecule has 0 radical (unpaired) electrons. The van der Waals surface area contributed by atoms with E-state index in [1.165, 1.54) is 32.0 Å². The lowest BCUT2D eigenvalue weighted by Gasteiger charge is -2.28. The molecule has 0 aliphatic carbocycles. The van der Waals surface area contributed by atoms with Gasteiger partial charge in [0.05, 0.1) is 0 Å². The van der Waals surface area contributed by atoms with Crippen molar-refractivity contribution in [3.05, 3.63) is 28.2 Å². The zero-order valence-corrected chi connectivity index (χ0v) is 15.9. The minimum Gasteiger partial charge on any atom is -0.481 e. The first-order chi connectivity index (χ1) is 11.8. The summed E-state index contributed by atoms with van der Waals surface area (Å²) in [5.74, 6) is -1.37. The molecule has 1 atom stereocenters. The summed E-state index contributed by atoms with van der Waals surface area (Å²) in [6, 6.07) is 4.42. The fraction of sp³-hybridized carbons (Fsp3) is 0.500. The van der Waals surface area contributed by atoms with Crippen molar-refractivity contribution in [2.24, 2.45) is 0 Å². The molecule has 0 aromatic heterocycles. The van der Waals surface area contributed by atoms with Crippen LogP contribution in [0.3, 0.4) is 0 Å². The van der Waals surface area contributed by atoms with Gasteiger partial charge < -0.3 is 15.4 Å². The van der Waals surface area contributed by atoms with Gasteiger partial charge in [-0.3, -0.25) is 9.59 Å². The Bertz CT molecular complexity index is 646. The summed E-state index contributed by atoms with van der Waals surface area (Å²) in [6.07, 6.45) is -5.29. The van der Waals surface area contributed by atoms with Crippen LogP contribution in [0.1, 0.15) is 27.2 Å². The van der Waals surface area contributed by atoms with Crippen LogP contribution in [-0.2, 0) is 9.59 Å². The second-order valence-electron chi connectivity index (χ2n) is 6.03. The summed E-state index contributed by atoms with van der Waals surface area (Å²) in [5, 5.41) is 4.75. The summed E-state index contributed by atoms with van der Waals surface area (Å²) < 4.78 is 42.2. The number of rotatable bonds is 7. The van der Waals surface area contributed by atoms with Crippen molar-refractivity contribution in [3.63, 3.8) is 0 Å². The Morgan fingerprint density at radius 1 is 1.15 bits per heavy atom. The van der Waals surface area contributed by atoms with Crippen molar-refractivity contribution in [3.8, 4) is 5.75 Å². The van der Waals surface area contributed by atoms with Gasteiger partial charge in [-0.25, -0.2) is 0 Å². The quantitative estimate of drug-likeness (QED) is 0.714. The van der Waals surface area contributed by atoms with Gasteiger partial charge in [-0.05, 0) is 38.5 Å². The number of halogens is 5. The molecular weight excluding hydrogens is 396 g/mol. The topological polar surface area (TPSA) is 67.4 Å². The van der Waals surface area contributed by atoms with E-state index < -0.39 is 36.2 Å². The predicted octanol–water partition coefficient (Wildman–Crippen LogP) is 3.72. The molecule has 1 unspecified atom stereocenters. The first-order valence-electron chi connectivity index (χ1n) is 7.64. The average molecular weight is 415 g/mol. The van der Waals surface area contributed by atoms with Crippen molar-refractivity contribution in [1.82, 2.24) is 10.6 Å². The fourth-order valence-corrected chi connectivity index (χ4v) is 2.44. The molecule has 2 amide bonds. The molecule has 0 saturated carbocycles. The van der Waals surface area contributed by atoms with Crippen LogP contribution in [0.15, 0.2) is 18.2 Å². The van der Waals surface area contributed by atoms with E-state index in [9.17, 15) is 22.8 Å². The molecule has 2 N–H and O–H groups in total. The van der Waals surface area contributed by atoms with Crippen molar-refractivity contribution in [1.29, 1.82) is 0 Å². The number of nitrogens with one attached hydrogen (secondary N) is 2. The maximum absolute atomic E-state index is 12.4. The third-order valence-electron chi connectivity index (χ3n) is 3.23. The van der Waals surface area contributed by atoms with E-state index in [4.69, 9.17) is 27.9 Å². The lowest BCUT2D eigenvalue weighted by atomic mass is 10.0. The van der Waals surface area contributed by atoms with Crippen LogP contribution in [0.25, 0.3) is 0 Å². The minimum absolute atomic E-state index is 0.246. The Kier molecular flexibility index (Phi) is 7.58. The van der Waals surface area contributed by atoms with Crippen LogP contribution in [-0.4, -0.2) is 36.2 Å². The number of carbonyl (C=O) groups excluding carboxylic acids is 2. The molecule has 10 heteroatoms. The molecule has 0 fully saturated rings. The molecule has 0 heterocycles. The van der Waals surface area contributed by atoms with Crippen LogP contribution in [0.5, 0.6) is 5.75 Å². The lowest BCUT2D eigenvalue weighted by molar-refractivity contribution is -0.144. The molecule has 0 aliphatic heterocycles. The van der Waals surface area contributed by atoms with Crippen LogP contribution in [0.2, 0.25) is 10.0 Å². The van der Waals surface area contributed by atoms with Crippen LogP contribution in [0, 0.1) is 0 Å². The first kappa shape index (κ1) is 22.4. The molecule has 1 aromatic rings. The number of hydrogen-bond donors (Lipinski definition) is 2. The number of benzene rings is 1. The second kappa shape index (κ2) is 8.81. The smallest absolute Gasteiger partial charge is 0.405 e. The molecule has 5 nitrogen and oxygen atoms in total. The molecule has 0 spiro atoms. The zero-order chi connectivity index (χ0) is 20.1. The zero-order valence-electron chi connectivity index (χ0n) is 14.3. The van der Waals surface area contributed by atoms with Gasteiger partial charge in [-0.15, -0.1) is 0 Å². The van der Waals surface area contributed by atoms with Gasteiger partial charge in [0.25, 0.3) is 5.91 Å². The van der Waals surface area contributed by atoms with Gasteiger partial charge in [0.15, 0.2) is 6.10 Å². The Labute approximate surface area is 159 Å². The van der Waals surface area contributed by atoms with E-state index in [1.807, 2.05) is 0 Å². The fourth-order valence-electron chi connectivity index (χ4n) is 1.93. The highest BCUT2D eigenvalue weighted by Crippen LogP contribution is 2.25. The summed E-state index contributed by atoms with van der Waals surface area (Å²) in [5.41, 5.74) is -1.56. The van der Waals surface area contributed by atoms with Gasteiger partial charge >= 0.3 is 6.18 Å². The first-order valence-corrected chi connectivity index (χ1v) is 8.39. The number of hydrogen-bond acceptors (Lipinski definition) is 3. The molecule has 146 valence electrons. The van der Waals surface area contributed by atoms with Crippen molar-refractivity contribution in [2.45, 2.75) is 45.0 Å². The van der Waals surface area contributed by atoms with E-state index in [1.54, 1.807) is 12.2 Å². The average Bonchev–Trinajstić information content (AvgIpc) is 2.47. The molecule has 26 heavy (non-hydrogen) atoms. The number of alkyl halides is 3. The third kappa shape index (κ3) is 7.29. The van der Waals surface area contributed by atoms with Gasteiger partial charge in [-0.2, -0.15) is 13.2 Å². The van der Waals surface area contributed by atoms with Gasteiger partial charge in [-0.1, -0.05) is 30.1 Å². The number of ether oxygens (including phenoxy) is 1. The number of carbonyl (C=O) groups is 2. The van der Waals surface area contributed by atoms with Gasteiger partial charge in [0.1, 0.15) is 17.8 Å². The monoisotopic (exact) mass is 414 g/mol. The maximum atomic E-state index is 12.4. The Morgan fingerprint density at radius 2 is 1.69 bits per heavy atom. The number of amides is 2. The summed E-state index contributed by atoms with van der Waals surface area (Å²) >= 11 is 11.7. The highest BCUT2D eigenvalue weighted by atomic mass is 35.5. The van der Waals surface area contributed by atoms with Crippen LogP contribution >= 0.6 is 23.2 Å². The SMILES string of the molecule is CCC(Oc1cc(Cl)cc(Cl)c1)C(=O)NC(C)(C)C(=O)NCC(F)(F)F. The Balaban J connectivity index is 2.76. The molecular formula is C16H19Cl2F3N2O3. The predicted molar refractivity (Wildman–Crippen MR) is 92.5 cm³/mol. The van der Waals surface area contributed by atoms with Crippen LogP contribution < -0.4 is 15.4 Å². The van der Waals surface area contributed by atoms with Crippen LogP contribution in [0.4, 0.5) is 13.2 Å². The third-order valence-corrected chi connectivity index (χ3v) is 3.67. The van der Waals surface area contributed by atoms with Crippen molar-refractivity contribution < 1.29 is 27.5 Å². The van der Waals surface area contributed by atoms with E-state index in [0.29, 0.717) is 10.0 Å². The summed E-state index contributed by atoms with van der Waals surface area (Å²) in [4.78, 5) is 24.3. The highest BCUT2D eigenvalue weighted by Gasteiger charge is 2.35. The molecule has 0 aliphatic rings. The normalized spacial score (nSPS) is 13.1. The van der Waals surface area contributed by atoms with E-state index in [-0.39, 0.29) is 12.2 Å². The van der Waals surface area contributed by atoms with Crippen molar-refractivity contribution >= 4 is 35.0 Å². The van der Waals surface area contributed by atoms with E-state index in [2.05, 4.69) is 5.32 Å². The van der Waals surface area contributed by atoms with Gasteiger partial charge in [0.2, 0.25) is 5.91 Å². The van der Waals surface area contributed by atoms with E-state index >= 15 is 0 Å². The highest BCUT2D eigenvalue weighted by molar-refractivity contribution is 6.34. The van der Waals surface area contributed by atoms with Crippen molar-refractivity contribution in [2.75, 3.05) is 6.54 Å². The molecule has 0 saturated heterocycles. The Morgan fingerprint density at radius 3 is 2.15 bits per heavy atom. The minimum atomic E-state index is -4.54. The summed E-state index contributed by atoms with van der Waals surface area (Å²) in [6.45, 7) is 2.77. The Hall–Kier alpha value is -1.67. The van der Waals surface area contributed by atoms with Gasteiger partial charge in [0, 0.05) is 10.0 Å².